The Hall–Kier alpha value is -3.24. The molecule has 0 aliphatic rings. The van der Waals surface area contributed by atoms with Crippen LogP contribution in [0.4, 0.5) is 10.1 Å². The third-order valence-electron chi connectivity index (χ3n) is 4.25. The van der Waals surface area contributed by atoms with Crippen molar-refractivity contribution < 1.29 is 22.1 Å². The molecule has 0 amide bonds. The smallest absolute Gasteiger partial charge is 0.262 e. The predicted octanol–water partition coefficient (Wildman–Crippen LogP) is 4.34. The van der Waals surface area contributed by atoms with Crippen molar-refractivity contribution in [3.8, 4) is 16.5 Å². The fourth-order valence-corrected chi connectivity index (χ4v) is 4.55. The van der Waals surface area contributed by atoms with Crippen LogP contribution in [0.1, 0.15) is 11.5 Å². The molecule has 0 fully saturated rings. The minimum absolute atomic E-state index is 0.0349. The Morgan fingerprint density at radius 1 is 1.17 bits per heavy atom. The number of ether oxygens (including phenoxy) is 1. The van der Waals surface area contributed by atoms with Gasteiger partial charge in [0.15, 0.2) is 11.6 Å². The molecule has 30 heavy (non-hydrogen) atoms. The van der Waals surface area contributed by atoms with E-state index < -0.39 is 15.8 Å². The SMILES string of the molecule is COc1ccc(S(=O)(=O)Nc2ccccc2Cc2nc(-c3cccs3)no2)cc1F. The fraction of sp³-hybridized carbons (Fsp3) is 0.100. The molecule has 0 radical (unpaired) electrons. The Kier molecular flexibility index (Phi) is 5.51. The molecule has 4 aromatic rings. The monoisotopic (exact) mass is 445 g/mol. The molecule has 0 aliphatic carbocycles. The van der Waals surface area contributed by atoms with Crippen LogP contribution in [-0.4, -0.2) is 25.7 Å². The first-order chi connectivity index (χ1) is 14.5. The number of benzene rings is 2. The first-order valence-electron chi connectivity index (χ1n) is 8.77. The van der Waals surface area contributed by atoms with Gasteiger partial charge in [0, 0.05) is 0 Å². The zero-order valence-corrected chi connectivity index (χ0v) is 17.3. The highest BCUT2D eigenvalue weighted by Crippen LogP contribution is 2.26. The van der Waals surface area contributed by atoms with Crippen molar-refractivity contribution in [2.75, 3.05) is 11.8 Å². The molecule has 0 unspecified atom stereocenters. The first kappa shape index (κ1) is 20.0. The van der Waals surface area contributed by atoms with E-state index in [-0.39, 0.29) is 17.1 Å². The molecule has 2 heterocycles. The summed E-state index contributed by atoms with van der Waals surface area (Å²) in [6.45, 7) is 0. The van der Waals surface area contributed by atoms with Gasteiger partial charge in [-0.05, 0) is 41.3 Å². The van der Waals surface area contributed by atoms with Crippen LogP contribution in [0.2, 0.25) is 0 Å². The van der Waals surface area contributed by atoms with Crippen molar-refractivity contribution in [1.29, 1.82) is 0 Å². The standard InChI is InChI=1S/C20H16FN3O4S2/c1-27-17-9-8-14(12-15(17)21)30(25,26)24-16-6-3-2-5-13(16)11-19-22-20(23-28-19)18-7-4-10-29-18/h2-10,12,24H,11H2,1H3. The van der Waals surface area contributed by atoms with E-state index in [1.807, 2.05) is 17.5 Å². The van der Waals surface area contributed by atoms with Crippen LogP contribution < -0.4 is 9.46 Å². The van der Waals surface area contributed by atoms with Crippen LogP contribution in [0.15, 0.2) is 69.4 Å². The topological polar surface area (TPSA) is 94.3 Å². The van der Waals surface area contributed by atoms with E-state index in [2.05, 4.69) is 14.9 Å². The number of aromatic nitrogens is 2. The van der Waals surface area contributed by atoms with Gasteiger partial charge in [-0.25, -0.2) is 12.8 Å². The molecule has 0 aliphatic heterocycles. The minimum atomic E-state index is -4.02. The number of para-hydroxylation sites is 1. The summed E-state index contributed by atoms with van der Waals surface area (Å²) in [4.78, 5) is 5.03. The first-order valence-corrected chi connectivity index (χ1v) is 11.1. The van der Waals surface area contributed by atoms with Crippen molar-refractivity contribution in [3.05, 3.63) is 77.2 Å². The molecule has 0 saturated heterocycles. The highest BCUT2D eigenvalue weighted by molar-refractivity contribution is 7.92. The third kappa shape index (κ3) is 4.19. The molecule has 1 N–H and O–H groups in total. The maximum atomic E-state index is 14.0. The number of methoxy groups -OCH3 is 1. The number of nitrogens with one attached hydrogen (secondary N) is 1. The second-order valence-corrected chi connectivity index (χ2v) is 8.85. The van der Waals surface area contributed by atoms with Gasteiger partial charge in [0.25, 0.3) is 10.0 Å². The second kappa shape index (κ2) is 8.25. The van der Waals surface area contributed by atoms with Gasteiger partial charge in [0.2, 0.25) is 11.7 Å². The van der Waals surface area contributed by atoms with E-state index >= 15 is 0 Å². The average Bonchev–Trinajstić information content (AvgIpc) is 3.41. The molecule has 2 aromatic carbocycles. The van der Waals surface area contributed by atoms with Crippen LogP contribution in [0.5, 0.6) is 5.75 Å². The quantitative estimate of drug-likeness (QED) is 0.455. The Labute approximate surface area is 176 Å². The molecule has 0 saturated carbocycles. The van der Waals surface area contributed by atoms with Crippen molar-refractivity contribution >= 4 is 27.0 Å². The lowest BCUT2D eigenvalue weighted by atomic mass is 10.1. The van der Waals surface area contributed by atoms with Gasteiger partial charge in [-0.15, -0.1) is 11.3 Å². The van der Waals surface area contributed by atoms with Gasteiger partial charge in [0.1, 0.15) is 0 Å². The van der Waals surface area contributed by atoms with E-state index in [4.69, 9.17) is 9.26 Å². The summed E-state index contributed by atoms with van der Waals surface area (Å²) in [7, 11) is -2.71. The number of halogens is 1. The number of hydrogen-bond acceptors (Lipinski definition) is 7. The molecular weight excluding hydrogens is 429 g/mol. The Morgan fingerprint density at radius 3 is 2.73 bits per heavy atom. The molecule has 0 spiro atoms. The number of hydrogen-bond donors (Lipinski definition) is 1. The minimum Gasteiger partial charge on any atom is -0.494 e. The van der Waals surface area contributed by atoms with Crippen LogP contribution in [0.25, 0.3) is 10.7 Å². The maximum Gasteiger partial charge on any atom is 0.262 e. The van der Waals surface area contributed by atoms with Gasteiger partial charge < -0.3 is 9.26 Å². The summed E-state index contributed by atoms with van der Waals surface area (Å²) in [6, 6.07) is 14.1. The van der Waals surface area contributed by atoms with Gasteiger partial charge >= 0.3 is 0 Å². The molecule has 10 heteroatoms. The lowest BCUT2D eigenvalue weighted by molar-refractivity contribution is 0.385. The largest absolute Gasteiger partial charge is 0.494 e. The van der Waals surface area contributed by atoms with E-state index in [1.54, 1.807) is 24.3 Å². The van der Waals surface area contributed by atoms with E-state index in [0.29, 0.717) is 23.0 Å². The normalized spacial score (nSPS) is 11.4. The Morgan fingerprint density at radius 2 is 2.00 bits per heavy atom. The van der Waals surface area contributed by atoms with Crippen LogP contribution in [0, 0.1) is 5.82 Å². The summed E-state index contributed by atoms with van der Waals surface area (Å²) in [5, 5.41) is 5.88. The van der Waals surface area contributed by atoms with Crippen molar-refractivity contribution in [2.45, 2.75) is 11.3 Å². The summed E-state index contributed by atoms with van der Waals surface area (Å²) in [5.41, 5.74) is 0.973. The van der Waals surface area contributed by atoms with E-state index in [1.165, 1.54) is 30.6 Å². The number of sulfonamides is 1. The summed E-state index contributed by atoms with van der Waals surface area (Å²) >= 11 is 1.49. The lowest BCUT2D eigenvalue weighted by Gasteiger charge is -2.12. The zero-order valence-electron chi connectivity index (χ0n) is 15.7. The number of thiophene rings is 1. The number of rotatable bonds is 7. The highest BCUT2D eigenvalue weighted by atomic mass is 32.2. The molecule has 0 bridgehead atoms. The summed E-state index contributed by atoms with van der Waals surface area (Å²) in [6.07, 6.45) is 0.230. The van der Waals surface area contributed by atoms with Crippen LogP contribution in [-0.2, 0) is 16.4 Å². The average molecular weight is 445 g/mol. The molecule has 154 valence electrons. The van der Waals surface area contributed by atoms with Gasteiger partial charge in [-0.1, -0.05) is 29.4 Å². The predicted molar refractivity (Wildman–Crippen MR) is 111 cm³/mol. The lowest BCUT2D eigenvalue weighted by Crippen LogP contribution is -2.14. The number of anilines is 1. The van der Waals surface area contributed by atoms with E-state index in [9.17, 15) is 12.8 Å². The van der Waals surface area contributed by atoms with Crippen molar-refractivity contribution in [1.82, 2.24) is 10.1 Å². The Bertz CT molecular complexity index is 1270. The maximum absolute atomic E-state index is 14.0. The van der Waals surface area contributed by atoms with Gasteiger partial charge in [0.05, 0.1) is 29.0 Å². The number of nitrogens with zero attached hydrogens (tertiary/aromatic N) is 2. The van der Waals surface area contributed by atoms with Crippen molar-refractivity contribution in [3.63, 3.8) is 0 Å². The van der Waals surface area contributed by atoms with Gasteiger partial charge in [-0.2, -0.15) is 4.98 Å². The highest BCUT2D eigenvalue weighted by Gasteiger charge is 2.19. The van der Waals surface area contributed by atoms with Crippen molar-refractivity contribution in [2.24, 2.45) is 0 Å². The molecule has 4 rings (SSSR count). The second-order valence-electron chi connectivity index (χ2n) is 6.22. The Balaban J connectivity index is 1.58. The molecule has 0 atom stereocenters. The van der Waals surface area contributed by atoms with Crippen LogP contribution in [0.3, 0.4) is 0 Å². The summed E-state index contributed by atoms with van der Waals surface area (Å²) < 4.78 is 52.1. The van der Waals surface area contributed by atoms with E-state index in [0.717, 1.165) is 10.9 Å². The van der Waals surface area contributed by atoms with Crippen LogP contribution >= 0.6 is 11.3 Å². The zero-order chi connectivity index (χ0) is 21.1. The molecule has 2 aromatic heterocycles. The third-order valence-corrected chi connectivity index (χ3v) is 6.48. The molecule has 7 nitrogen and oxygen atoms in total. The molecular formula is C20H16FN3O4S2. The summed E-state index contributed by atoms with van der Waals surface area (Å²) in [5.74, 6) is 0.0280. The fourth-order valence-electron chi connectivity index (χ4n) is 2.79. The van der Waals surface area contributed by atoms with Gasteiger partial charge in [-0.3, -0.25) is 4.72 Å².